The summed E-state index contributed by atoms with van der Waals surface area (Å²) in [5.74, 6) is 0.818. The molecule has 0 atom stereocenters. The number of amides is 1. The highest BCUT2D eigenvalue weighted by Gasteiger charge is 2.03. The molecule has 1 aromatic rings. The van der Waals surface area contributed by atoms with Crippen LogP contribution in [-0.4, -0.2) is 32.3 Å². The summed E-state index contributed by atoms with van der Waals surface area (Å²) in [6, 6.07) is 7.56. The molecule has 110 valence electrons. The molecular formula is C16H23NO3. The van der Waals surface area contributed by atoms with E-state index in [1.807, 2.05) is 38.1 Å². The van der Waals surface area contributed by atoms with Gasteiger partial charge >= 0.3 is 0 Å². The number of carbonyl (C=O) groups excluding carboxylic acids is 1. The highest BCUT2D eigenvalue weighted by atomic mass is 16.5. The molecule has 0 aromatic heterocycles. The molecule has 0 saturated heterocycles. The summed E-state index contributed by atoms with van der Waals surface area (Å²) in [6.07, 6.45) is 0.368. The van der Waals surface area contributed by atoms with Gasteiger partial charge in [-0.25, -0.2) is 0 Å². The van der Waals surface area contributed by atoms with Gasteiger partial charge in [0.1, 0.15) is 5.75 Å². The van der Waals surface area contributed by atoms with Crippen LogP contribution in [0.2, 0.25) is 0 Å². The smallest absolute Gasteiger partial charge is 0.224 e. The number of rotatable bonds is 9. The maximum Gasteiger partial charge on any atom is 0.224 e. The average Bonchev–Trinajstić information content (AvgIpc) is 2.40. The van der Waals surface area contributed by atoms with E-state index in [9.17, 15) is 4.79 Å². The number of ether oxygens (including phenoxy) is 2. The number of hydrogen-bond donors (Lipinski definition) is 1. The van der Waals surface area contributed by atoms with Crippen molar-refractivity contribution in [2.45, 2.75) is 20.3 Å². The summed E-state index contributed by atoms with van der Waals surface area (Å²) < 4.78 is 10.7. The highest BCUT2D eigenvalue weighted by molar-refractivity contribution is 5.78. The fourth-order valence-corrected chi connectivity index (χ4v) is 1.63. The van der Waals surface area contributed by atoms with Crippen LogP contribution in [0.25, 0.3) is 0 Å². The van der Waals surface area contributed by atoms with Crippen molar-refractivity contribution in [3.63, 3.8) is 0 Å². The second kappa shape index (κ2) is 9.15. The molecule has 0 radical (unpaired) electrons. The molecular weight excluding hydrogens is 254 g/mol. The Bertz CT molecular complexity index is 426. The molecule has 20 heavy (non-hydrogen) atoms. The number of benzene rings is 1. The van der Waals surface area contributed by atoms with Crippen LogP contribution in [0.1, 0.15) is 19.4 Å². The third-order valence-corrected chi connectivity index (χ3v) is 2.52. The lowest BCUT2D eigenvalue weighted by molar-refractivity contribution is -0.120. The second-order valence-electron chi connectivity index (χ2n) is 4.61. The van der Waals surface area contributed by atoms with Gasteiger partial charge in [0.15, 0.2) is 0 Å². The van der Waals surface area contributed by atoms with E-state index in [0.717, 1.165) is 16.9 Å². The monoisotopic (exact) mass is 277 g/mol. The predicted molar refractivity (Wildman–Crippen MR) is 80.0 cm³/mol. The van der Waals surface area contributed by atoms with E-state index < -0.39 is 0 Å². The minimum Gasteiger partial charge on any atom is -0.494 e. The minimum atomic E-state index is -0.00640. The molecule has 0 bridgehead atoms. The van der Waals surface area contributed by atoms with Crippen LogP contribution in [0.4, 0.5) is 0 Å². The largest absolute Gasteiger partial charge is 0.494 e. The molecule has 1 aromatic carbocycles. The van der Waals surface area contributed by atoms with Crippen LogP contribution >= 0.6 is 0 Å². The average molecular weight is 277 g/mol. The summed E-state index contributed by atoms with van der Waals surface area (Å²) in [5, 5.41) is 2.82. The van der Waals surface area contributed by atoms with Crippen LogP contribution in [0, 0.1) is 0 Å². The van der Waals surface area contributed by atoms with Gasteiger partial charge in [0.2, 0.25) is 5.91 Å². The predicted octanol–water partition coefficient (Wildman–Crippen LogP) is 2.34. The van der Waals surface area contributed by atoms with Gasteiger partial charge in [-0.05, 0) is 31.5 Å². The molecule has 1 N–H and O–H groups in total. The SMILES string of the molecule is C=C(C)COCCNC(=O)Cc1ccc(OCC)cc1. The molecule has 0 heterocycles. The van der Waals surface area contributed by atoms with Gasteiger partial charge in [-0.3, -0.25) is 4.79 Å². The van der Waals surface area contributed by atoms with Crippen molar-refractivity contribution in [3.8, 4) is 5.75 Å². The first-order valence-corrected chi connectivity index (χ1v) is 6.82. The summed E-state index contributed by atoms with van der Waals surface area (Å²) >= 11 is 0. The Morgan fingerprint density at radius 2 is 2.00 bits per heavy atom. The Kier molecular flexibility index (Phi) is 7.43. The third kappa shape index (κ3) is 6.95. The van der Waals surface area contributed by atoms with Crippen molar-refractivity contribution in [1.82, 2.24) is 5.32 Å². The Hall–Kier alpha value is -1.81. The Balaban J connectivity index is 2.22. The molecule has 0 spiro atoms. The maximum atomic E-state index is 11.7. The van der Waals surface area contributed by atoms with Gasteiger partial charge in [-0.15, -0.1) is 0 Å². The van der Waals surface area contributed by atoms with Gasteiger partial charge in [0.25, 0.3) is 0 Å². The van der Waals surface area contributed by atoms with E-state index in [0.29, 0.717) is 32.8 Å². The van der Waals surface area contributed by atoms with Crippen LogP contribution in [-0.2, 0) is 16.0 Å². The van der Waals surface area contributed by atoms with E-state index in [1.165, 1.54) is 0 Å². The maximum absolute atomic E-state index is 11.7. The quantitative estimate of drug-likeness (QED) is 0.557. The topological polar surface area (TPSA) is 47.6 Å². The van der Waals surface area contributed by atoms with E-state index in [2.05, 4.69) is 11.9 Å². The van der Waals surface area contributed by atoms with E-state index >= 15 is 0 Å². The first kappa shape index (κ1) is 16.2. The van der Waals surface area contributed by atoms with Gasteiger partial charge in [0, 0.05) is 6.54 Å². The van der Waals surface area contributed by atoms with Gasteiger partial charge < -0.3 is 14.8 Å². The standard InChI is InChI=1S/C16H23NO3/c1-4-20-15-7-5-14(6-8-15)11-16(18)17-9-10-19-12-13(2)3/h5-8H,2,4,9-12H2,1,3H3,(H,17,18). The van der Waals surface area contributed by atoms with Crippen LogP contribution < -0.4 is 10.1 Å². The Labute approximate surface area is 120 Å². The molecule has 0 unspecified atom stereocenters. The van der Waals surface area contributed by atoms with Crippen LogP contribution in [0.3, 0.4) is 0 Å². The normalized spacial score (nSPS) is 10.1. The lowest BCUT2D eigenvalue weighted by atomic mass is 10.1. The van der Waals surface area contributed by atoms with Crippen molar-refractivity contribution in [2.75, 3.05) is 26.4 Å². The van der Waals surface area contributed by atoms with Crippen molar-refractivity contribution in [2.24, 2.45) is 0 Å². The van der Waals surface area contributed by atoms with Gasteiger partial charge in [0.05, 0.1) is 26.2 Å². The lowest BCUT2D eigenvalue weighted by Crippen LogP contribution is -2.28. The summed E-state index contributed by atoms with van der Waals surface area (Å²) in [6.45, 7) is 9.79. The molecule has 0 aliphatic rings. The van der Waals surface area contributed by atoms with Crippen LogP contribution in [0.15, 0.2) is 36.4 Å². The zero-order chi connectivity index (χ0) is 14.8. The molecule has 1 amide bonds. The second-order valence-corrected chi connectivity index (χ2v) is 4.61. The first-order valence-electron chi connectivity index (χ1n) is 6.82. The molecule has 0 saturated carbocycles. The number of carbonyl (C=O) groups is 1. The fourth-order valence-electron chi connectivity index (χ4n) is 1.63. The lowest BCUT2D eigenvalue weighted by Gasteiger charge is -2.07. The molecule has 0 aliphatic heterocycles. The number of hydrogen-bond acceptors (Lipinski definition) is 3. The zero-order valence-corrected chi connectivity index (χ0v) is 12.3. The molecule has 4 heteroatoms. The van der Waals surface area contributed by atoms with E-state index in [1.54, 1.807) is 0 Å². The Morgan fingerprint density at radius 3 is 2.60 bits per heavy atom. The molecule has 0 fully saturated rings. The van der Waals surface area contributed by atoms with Crippen LogP contribution in [0.5, 0.6) is 5.75 Å². The first-order chi connectivity index (χ1) is 9.61. The van der Waals surface area contributed by atoms with Crippen molar-refractivity contribution >= 4 is 5.91 Å². The van der Waals surface area contributed by atoms with Crippen molar-refractivity contribution in [3.05, 3.63) is 42.0 Å². The zero-order valence-electron chi connectivity index (χ0n) is 12.3. The third-order valence-electron chi connectivity index (χ3n) is 2.52. The molecule has 1 rings (SSSR count). The van der Waals surface area contributed by atoms with E-state index in [4.69, 9.17) is 9.47 Å². The van der Waals surface area contributed by atoms with Gasteiger partial charge in [-0.1, -0.05) is 24.3 Å². The molecule has 4 nitrogen and oxygen atoms in total. The minimum absolute atomic E-state index is 0.00640. The fraction of sp³-hybridized carbons (Fsp3) is 0.438. The summed E-state index contributed by atoms with van der Waals surface area (Å²) in [7, 11) is 0. The van der Waals surface area contributed by atoms with Crippen molar-refractivity contribution in [1.29, 1.82) is 0 Å². The van der Waals surface area contributed by atoms with E-state index in [-0.39, 0.29) is 5.91 Å². The summed E-state index contributed by atoms with van der Waals surface area (Å²) in [4.78, 5) is 11.7. The highest BCUT2D eigenvalue weighted by Crippen LogP contribution is 2.12. The van der Waals surface area contributed by atoms with Crippen molar-refractivity contribution < 1.29 is 14.3 Å². The van der Waals surface area contributed by atoms with Gasteiger partial charge in [-0.2, -0.15) is 0 Å². The Morgan fingerprint density at radius 1 is 1.30 bits per heavy atom. The number of nitrogens with one attached hydrogen (secondary N) is 1. The summed E-state index contributed by atoms with van der Waals surface area (Å²) in [5.41, 5.74) is 1.94. The molecule has 0 aliphatic carbocycles.